The van der Waals surface area contributed by atoms with E-state index in [-0.39, 0.29) is 0 Å². The minimum Gasteiger partial charge on any atom is -0.466 e. The highest BCUT2D eigenvalue weighted by atomic mass is 35.5. The molecule has 0 N–H and O–H groups in total. The summed E-state index contributed by atoms with van der Waals surface area (Å²) < 4.78 is 11.4. The van der Waals surface area contributed by atoms with Crippen molar-refractivity contribution in [1.82, 2.24) is 4.98 Å². The molecule has 0 aliphatic heterocycles. The summed E-state index contributed by atoms with van der Waals surface area (Å²) in [5.74, 6) is 0.943. The lowest BCUT2D eigenvalue weighted by Crippen LogP contribution is -1.92. The standard InChI is InChI=1S/C17H12ClNO3S/c1-21-17(20)7-6-13-8-14-15(9-19-10-16(14)23-13)22-12-4-2-11(18)3-5-12/h2-10H,1H3/b7-6+. The SMILES string of the molecule is COC(=O)/C=C/c1cc2c(Oc3ccc(Cl)cc3)cncc2s1. The zero-order chi connectivity index (χ0) is 16.2. The Kier molecular flexibility index (Phi) is 4.60. The van der Waals surface area contributed by atoms with E-state index in [0.717, 1.165) is 15.0 Å². The molecule has 3 aromatic rings. The summed E-state index contributed by atoms with van der Waals surface area (Å²) in [4.78, 5) is 16.3. The van der Waals surface area contributed by atoms with Crippen LogP contribution in [0.5, 0.6) is 11.5 Å². The molecule has 0 spiro atoms. The number of ether oxygens (including phenoxy) is 2. The van der Waals surface area contributed by atoms with E-state index in [1.165, 1.54) is 24.5 Å². The number of rotatable bonds is 4. The van der Waals surface area contributed by atoms with Crippen LogP contribution in [0.2, 0.25) is 5.02 Å². The lowest BCUT2D eigenvalue weighted by atomic mass is 10.2. The summed E-state index contributed by atoms with van der Waals surface area (Å²) in [5, 5.41) is 1.59. The highest BCUT2D eigenvalue weighted by Crippen LogP contribution is 2.35. The van der Waals surface area contributed by atoms with E-state index in [2.05, 4.69) is 9.72 Å². The molecule has 1 aromatic carbocycles. The van der Waals surface area contributed by atoms with E-state index >= 15 is 0 Å². The van der Waals surface area contributed by atoms with Crippen molar-refractivity contribution in [2.75, 3.05) is 7.11 Å². The molecule has 0 aliphatic rings. The lowest BCUT2D eigenvalue weighted by molar-refractivity contribution is -0.134. The zero-order valence-corrected chi connectivity index (χ0v) is 13.7. The number of esters is 1. The van der Waals surface area contributed by atoms with Crippen molar-refractivity contribution in [2.45, 2.75) is 0 Å². The van der Waals surface area contributed by atoms with Gasteiger partial charge in [-0.2, -0.15) is 0 Å². The third-order valence-electron chi connectivity index (χ3n) is 3.06. The second kappa shape index (κ2) is 6.81. The van der Waals surface area contributed by atoms with Gasteiger partial charge in [-0.15, -0.1) is 11.3 Å². The summed E-state index contributed by atoms with van der Waals surface area (Å²) in [5.41, 5.74) is 0. The van der Waals surface area contributed by atoms with E-state index in [0.29, 0.717) is 16.5 Å². The number of thiophene rings is 1. The van der Waals surface area contributed by atoms with Gasteiger partial charge in [-0.3, -0.25) is 4.98 Å². The number of halogens is 1. The van der Waals surface area contributed by atoms with Crippen molar-refractivity contribution in [3.8, 4) is 11.5 Å². The predicted octanol–water partition coefficient (Wildman–Crippen LogP) is 4.93. The summed E-state index contributed by atoms with van der Waals surface area (Å²) >= 11 is 7.39. The molecule has 0 unspecified atom stereocenters. The highest BCUT2D eigenvalue weighted by molar-refractivity contribution is 7.19. The van der Waals surface area contributed by atoms with E-state index in [9.17, 15) is 4.79 Å². The van der Waals surface area contributed by atoms with Gasteiger partial charge in [0.1, 0.15) is 5.75 Å². The summed E-state index contributed by atoms with van der Waals surface area (Å²) in [6.07, 6.45) is 6.53. The van der Waals surface area contributed by atoms with E-state index in [1.807, 2.05) is 6.07 Å². The van der Waals surface area contributed by atoms with Crippen LogP contribution in [-0.2, 0) is 9.53 Å². The van der Waals surface area contributed by atoms with Crippen molar-refractivity contribution in [1.29, 1.82) is 0 Å². The highest BCUT2D eigenvalue weighted by Gasteiger charge is 2.08. The molecule has 3 rings (SSSR count). The van der Waals surface area contributed by atoms with Gasteiger partial charge >= 0.3 is 5.97 Å². The molecule has 0 radical (unpaired) electrons. The van der Waals surface area contributed by atoms with Gasteiger partial charge in [0, 0.05) is 27.6 Å². The molecule has 2 aromatic heterocycles. The van der Waals surface area contributed by atoms with Gasteiger partial charge < -0.3 is 9.47 Å². The largest absolute Gasteiger partial charge is 0.466 e. The number of carbonyl (C=O) groups excluding carboxylic acids is 1. The Morgan fingerprint density at radius 1 is 1.26 bits per heavy atom. The monoisotopic (exact) mass is 345 g/mol. The van der Waals surface area contributed by atoms with Gasteiger partial charge in [-0.1, -0.05) is 11.6 Å². The van der Waals surface area contributed by atoms with Gasteiger partial charge in [-0.25, -0.2) is 4.79 Å². The molecule has 0 fully saturated rings. The van der Waals surface area contributed by atoms with E-state index in [1.54, 1.807) is 42.7 Å². The van der Waals surface area contributed by atoms with Crippen LogP contribution in [-0.4, -0.2) is 18.1 Å². The van der Waals surface area contributed by atoms with Gasteiger partial charge in [0.25, 0.3) is 0 Å². The molecule has 0 aliphatic carbocycles. The maximum Gasteiger partial charge on any atom is 0.330 e. The minimum absolute atomic E-state index is 0.391. The number of carbonyl (C=O) groups is 1. The van der Waals surface area contributed by atoms with Gasteiger partial charge in [-0.05, 0) is 36.4 Å². The summed E-state index contributed by atoms with van der Waals surface area (Å²) in [6, 6.07) is 9.08. The van der Waals surface area contributed by atoms with Crippen molar-refractivity contribution in [2.24, 2.45) is 0 Å². The zero-order valence-electron chi connectivity index (χ0n) is 12.2. The number of fused-ring (bicyclic) bond motifs is 1. The second-order valence-corrected chi connectivity index (χ2v) is 6.16. The van der Waals surface area contributed by atoms with Crippen LogP contribution in [0.1, 0.15) is 4.88 Å². The van der Waals surface area contributed by atoms with Crippen molar-refractivity contribution < 1.29 is 14.3 Å². The van der Waals surface area contributed by atoms with Crippen LogP contribution in [0.3, 0.4) is 0 Å². The van der Waals surface area contributed by atoms with Gasteiger partial charge in [0.05, 0.1) is 18.0 Å². The maximum atomic E-state index is 11.2. The molecule has 6 heteroatoms. The molecule has 2 heterocycles. The summed E-state index contributed by atoms with van der Waals surface area (Å²) in [6.45, 7) is 0. The summed E-state index contributed by atoms with van der Waals surface area (Å²) in [7, 11) is 1.35. The molecular formula is C17H12ClNO3S. The van der Waals surface area contributed by atoms with Gasteiger partial charge in [0.15, 0.2) is 5.75 Å². The lowest BCUT2D eigenvalue weighted by Gasteiger charge is -2.06. The molecule has 116 valence electrons. The third-order valence-corrected chi connectivity index (χ3v) is 4.34. The molecule has 0 amide bonds. The van der Waals surface area contributed by atoms with E-state index in [4.69, 9.17) is 16.3 Å². The number of nitrogens with zero attached hydrogens (tertiary/aromatic N) is 1. The number of hydrogen-bond acceptors (Lipinski definition) is 5. The topological polar surface area (TPSA) is 48.4 Å². The fourth-order valence-corrected chi connectivity index (χ4v) is 3.04. The molecule has 0 saturated carbocycles. The van der Waals surface area contributed by atoms with Crippen molar-refractivity contribution in [3.05, 3.63) is 58.7 Å². The Labute approximate surface area is 141 Å². The molecule has 0 atom stereocenters. The first kappa shape index (κ1) is 15.5. The molecule has 4 nitrogen and oxygen atoms in total. The first-order valence-corrected chi connectivity index (χ1v) is 7.92. The minimum atomic E-state index is -0.391. The number of hydrogen-bond donors (Lipinski definition) is 0. The molecular weight excluding hydrogens is 334 g/mol. The van der Waals surface area contributed by atoms with Crippen molar-refractivity contribution in [3.63, 3.8) is 0 Å². The Hall–Kier alpha value is -2.37. The third kappa shape index (κ3) is 3.70. The Balaban J connectivity index is 1.92. The predicted molar refractivity (Wildman–Crippen MR) is 92.2 cm³/mol. The second-order valence-electron chi connectivity index (χ2n) is 4.61. The smallest absolute Gasteiger partial charge is 0.330 e. The van der Waals surface area contributed by atoms with Crippen LogP contribution in [0.25, 0.3) is 16.2 Å². The Morgan fingerprint density at radius 3 is 2.78 bits per heavy atom. The van der Waals surface area contributed by atoms with Crippen LogP contribution in [0.15, 0.2) is 48.8 Å². The normalized spacial score (nSPS) is 11.0. The van der Waals surface area contributed by atoms with Crippen molar-refractivity contribution >= 4 is 45.1 Å². The molecule has 0 bridgehead atoms. The van der Waals surface area contributed by atoms with Crippen LogP contribution in [0.4, 0.5) is 0 Å². The first-order chi connectivity index (χ1) is 11.2. The number of pyridine rings is 1. The quantitative estimate of drug-likeness (QED) is 0.497. The fourth-order valence-electron chi connectivity index (χ4n) is 1.97. The van der Waals surface area contributed by atoms with Crippen LogP contribution >= 0.6 is 22.9 Å². The first-order valence-electron chi connectivity index (χ1n) is 6.73. The number of benzene rings is 1. The number of aromatic nitrogens is 1. The average Bonchev–Trinajstić information content (AvgIpc) is 2.99. The Morgan fingerprint density at radius 2 is 2.04 bits per heavy atom. The van der Waals surface area contributed by atoms with Crippen LogP contribution < -0.4 is 4.74 Å². The van der Waals surface area contributed by atoms with Gasteiger partial charge in [0.2, 0.25) is 0 Å². The fraction of sp³-hybridized carbons (Fsp3) is 0.0588. The van der Waals surface area contributed by atoms with E-state index < -0.39 is 5.97 Å². The molecule has 23 heavy (non-hydrogen) atoms. The molecule has 0 saturated heterocycles. The number of methoxy groups -OCH3 is 1. The Bertz CT molecular complexity index is 871. The van der Waals surface area contributed by atoms with Crippen LogP contribution in [0, 0.1) is 0 Å². The maximum absolute atomic E-state index is 11.2. The average molecular weight is 346 g/mol.